The highest BCUT2D eigenvalue weighted by atomic mass is 16.1. The predicted molar refractivity (Wildman–Crippen MR) is 84.9 cm³/mol. The molecule has 3 nitrogen and oxygen atoms in total. The number of aryl methyl sites for hydroxylation is 1. The summed E-state index contributed by atoms with van der Waals surface area (Å²) >= 11 is 0. The Balaban J connectivity index is 2.56. The Kier molecular flexibility index (Phi) is 7.31. The number of nitrogens with zero attached hydrogens (tertiary/aromatic N) is 1. The van der Waals surface area contributed by atoms with Crippen molar-refractivity contribution in [2.75, 3.05) is 20.6 Å². The Morgan fingerprint density at radius 1 is 1.25 bits per heavy atom. The molecule has 0 saturated carbocycles. The van der Waals surface area contributed by atoms with Gasteiger partial charge >= 0.3 is 0 Å². The van der Waals surface area contributed by atoms with Crippen LogP contribution in [0.15, 0.2) is 24.3 Å². The quantitative estimate of drug-likeness (QED) is 0.792. The minimum Gasteiger partial charge on any atom is -0.353 e. The zero-order valence-corrected chi connectivity index (χ0v) is 13.3. The molecule has 1 atom stereocenters. The molecule has 0 heterocycles. The van der Waals surface area contributed by atoms with E-state index in [2.05, 4.69) is 55.5 Å². The first-order valence-electron chi connectivity index (χ1n) is 7.51. The van der Waals surface area contributed by atoms with Gasteiger partial charge in [-0.2, -0.15) is 0 Å². The van der Waals surface area contributed by atoms with Crippen LogP contribution in [0.5, 0.6) is 0 Å². The van der Waals surface area contributed by atoms with Crippen LogP contribution in [0.3, 0.4) is 0 Å². The summed E-state index contributed by atoms with van der Waals surface area (Å²) in [6, 6.07) is 8.82. The standard InChI is InChI=1S/C17H28N2O/c1-5-17(20)18-16(7-6-12-19(3)4)13-15-10-8-14(2)9-11-15/h8-11,16H,5-7,12-13H2,1-4H3,(H,18,20). The maximum atomic E-state index is 11.6. The van der Waals surface area contributed by atoms with Crippen molar-refractivity contribution >= 4 is 5.91 Å². The average Bonchev–Trinajstić information content (AvgIpc) is 2.40. The highest BCUT2D eigenvalue weighted by Gasteiger charge is 2.12. The third-order valence-electron chi connectivity index (χ3n) is 3.45. The number of amides is 1. The molecule has 0 radical (unpaired) electrons. The molecule has 0 aliphatic carbocycles. The van der Waals surface area contributed by atoms with E-state index in [-0.39, 0.29) is 11.9 Å². The van der Waals surface area contributed by atoms with Gasteiger partial charge in [-0.15, -0.1) is 0 Å². The van der Waals surface area contributed by atoms with Crippen LogP contribution in [0.2, 0.25) is 0 Å². The summed E-state index contributed by atoms with van der Waals surface area (Å²) in [5.41, 5.74) is 2.57. The minimum atomic E-state index is 0.145. The van der Waals surface area contributed by atoms with Crippen molar-refractivity contribution in [2.24, 2.45) is 0 Å². The Labute approximate surface area is 123 Å². The molecule has 1 rings (SSSR count). The van der Waals surface area contributed by atoms with Crippen LogP contribution in [-0.4, -0.2) is 37.5 Å². The molecule has 0 saturated heterocycles. The fraction of sp³-hybridized carbons (Fsp3) is 0.588. The second-order valence-corrected chi connectivity index (χ2v) is 5.75. The van der Waals surface area contributed by atoms with Crippen LogP contribution in [0, 0.1) is 6.92 Å². The lowest BCUT2D eigenvalue weighted by molar-refractivity contribution is -0.121. The topological polar surface area (TPSA) is 32.3 Å². The van der Waals surface area contributed by atoms with Crippen molar-refractivity contribution < 1.29 is 4.79 Å². The van der Waals surface area contributed by atoms with Gasteiger partial charge < -0.3 is 10.2 Å². The van der Waals surface area contributed by atoms with E-state index in [1.54, 1.807) is 0 Å². The Hall–Kier alpha value is -1.35. The molecule has 0 spiro atoms. The summed E-state index contributed by atoms with van der Waals surface area (Å²) in [4.78, 5) is 13.8. The van der Waals surface area contributed by atoms with Crippen molar-refractivity contribution in [1.29, 1.82) is 0 Å². The summed E-state index contributed by atoms with van der Waals surface area (Å²) < 4.78 is 0. The van der Waals surface area contributed by atoms with Gasteiger partial charge in [-0.3, -0.25) is 4.79 Å². The maximum absolute atomic E-state index is 11.6. The summed E-state index contributed by atoms with van der Waals surface area (Å²) in [5, 5.41) is 3.15. The number of hydrogen-bond acceptors (Lipinski definition) is 2. The molecule has 1 aromatic carbocycles. The van der Waals surface area contributed by atoms with Gasteiger partial charge in [0.25, 0.3) is 0 Å². The SMILES string of the molecule is CCC(=O)NC(CCCN(C)C)Cc1ccc(C)cc1. The van der Waals surface area contributed by atoms with Crippen LogP contribution in [0.4, 0.5) is 0 Å². The van der Waals surface area contributed by atoms with E-state index in [1.165, 1.54) is 11.1 Å². The van der Waals surface area contributed by atoms with Crippen molar-refractivity contribution in [3.05, 3.63) is 35.4 Å². The Morgan fingerprint density at radius 3 is 2.45 bits per heavy atom. The summed E-state index contributed by atoms with van der Waals surface area (Å²) in [5.74, 6) is 0.145. The van der Waals surface area contributed by atoms with Gasteiger partial charge in [0.1, 0.15) is 0 Å². The van der Waals surface area contributed by atoms with Crippen LogP contribution in [0.25, 0.3) is 0 Å². The Morgan fingerprint density at radius 2 is 1.90 bits per heavy atom. The lowest BCUT2D eigenvalue weighted by Gasteiger charge is -2.20. The van der Waals surface area contributed by atoms with Crippen LogP contribution < -0.4 is 5.32 Å². The van der Waals surface area contributed by atoms with Gasteiger partial charge in [-0.1, -0.05) is 36.8 Å². The molecule has 112 valence electrons. The Bertz CT molecular complexity index is 398. The first-order chi connectivity index (χ1) is 9.51. The largest absolute Gasteiger partial charge is 0.353 e. The fourth-order valence-corrected chi connectivity index (χ4v) is 2.22. The lowest BCUT2D eigenvalue weighted by atomic mass is 10.0. The number of carbonyl (C=O) groups is 1. The molecule has 20 heavy (non-hydrogen) atoms. The first-order valence-corrected chi connectivity index (χ1v) is 7.51. The smallest absolute Gasteiger partial charge is 0.219 e. The van der Waals surface area contributed by atoms with E-state index in [1.807, 2.05) is 6.92 Å². The zero-order chi connectivity index (χ0) is 15.0. The van der Waals surface area contributed by atoms with E-state index in [9.17, 15) is 4.79 Å². The van der Waals surface area contributed by atoms with Crippen molar-refractivity contribution in [3.8, 4) is 0 Å². The van der Waals surface area contributed by atoms with Gasteiger partial charge in [0.15, 0.2) is 0 Å². The van der Waals surface area contributed by atoms with Crippen molar-refractivity contribution in [2.45, 2.75) is 45.6 Å². The second kappa shape index (κ2) is 8.75. The van der Waals surface area contributed by atoms with Gasteiger partial charge in [0.2, 0.25) is 5.91 Å². The van der Waals surface area contributed by atoms with Crippen molar-refractivity contribution in [3.63, 3.8) is 0 Å². The summed E-state index contributed by atoms with van der Waals surface area (Å²) in [7, 11) is 4.17. The molecule has 0 aromatic heterocycles. The zero-order valence-electron chi connectivity index (χ0n) is 13.3. The molecule has 3 heteroatoms. The molecular weight excluding hydrogens is 248 g/mol. The summed E-state index contributed by atoms with van der Waals surface area (Å²) in [6.45, 7) is 5.06. The minimum absolute atomic E-state index is 0.145. The molecule has 0 aliphatic rings. The van der Waals surface area contributed by atoms with Crippen LogP contribution in [0.1, 0.15) is 37.3 Å². The number of carbonyl (C=O) groups excluding carboxylic acids is 1. The van der Waals surface area contributed by atoms with Crippen molar-refractivity contribution in [1.82, 2.24) is 10.2 Å². The molecule has 1 amide bonds. The van der Waals surface area contributed by atoms with E-state index < -0.39 is 0 Å². The molecular formula is C17H28N2O. The monoisotopic (exact) mass is 276 g/mol. The highest BCUT2D eigenvalue weighted by molar-refractivity contribution is 5.75. The van der Waals surface area contributed by atoms with Gasteiger partial charge in [0, 0.05) is 12.5 Å². The molecule has 0 bridgehead atoms. The third kappa shape index (κ3) is 6.71. The first kappa shape index (κ1) is 16.7. The van der Waals surface area contributed by atoms with Crippen LogP contribution >= 0.6 is 0 Å². The van der Waals surface area contributed by atoms with E-state index in [0.717, 1.165) is 25.8 Å². The predicted octanol–water partition coefficient (Wildman–Crippen LogP) is 2.77. The van der Waals surface area contributed by atoms with E-state index in [4.69, 9.17) is 0 Å². The molecule has 0 fully saturated rings. The molecule has 1 N–H and O–H groups in total. The number of nitrogens with one attached hydrogen (secondary N) is 1. The number of benzene rings is 1. The average molecular weight is 276 g/mol. The van der Waals surface area contributed by atoms with Gasteiger partial charge in [-0.25, -0.2) is 0 Å². The second-order valence-electron chi connectivity index (χ2n) is 5.75. The fourth-order valence-electron chi connectivity index (χ4n) is 2.22. The maximum Gasteiger partial charge on any atom is 0.219 e. The van der Waals surface area contributed by atoms with E-state index in [0.29, 0.717) is 6.42 Å². The van der Waals surface area contributed by atoms with Crippen LogP contribution in [-0.2, 0) is 11.2 Å². The third-order valence-corrected chi connectivity index (χ3v) is 3.45. The molecule has 0 aliphatic heterocycles. The summed E-state index contributed by atoms with van der Waals surface area (Å²) in [6.07, 6.45) is 3.60. The van der Waals surface area contributed by atoms with Gasteiger partial charge in [0.05, 0.1) is 0 Å². The highest BCUT2D eigenvalue weighted by Crippen LogP contribution is 2.10. The van der Waals surface area contributed by atoms with E-state index >= 15 is 0 Å². The lowest BCUT2D eigenvalue weighted by Crippen LogP contribution is -2.36. The number of rotatable bonds is 8. The molecule has 1 aromatic rings. The van der Waals surface area contributed by atoms with Gasteiger partial charge in [-0.05, 0) is 52.4 Å². The number of hydrogen-bond donors (Lipinski definition) is 1. The normalized spacial score (nSPS) is 12.4. The molecule has 1 unspecified atom stereocenters.